The van der Waals surface area contributed by atoms with Gasteiger partial charge < -0.3 is 16.0 Å². The van der Waals surface area contributed by atoms with Crippen LogP contribution in [-0.2, 0) is 4.79 Å². The van der Waals surface area contributed by atoms with E-state index in [-0.39, 0.29) is 11.6 Å². The predicted octanol–water partition coefficient (Wildman–Crippen LogP) is 2.30. The molecule has 128 valence electrons. The Balaban J connectivity index is 2.47. The van der Waals surface area contributed by atoms with E-state index in [0.717, 1.165) is 0 Å². The lowest BCUT2D eigenvalue weighted by Crippen LogP contribution is -2.49. The van der Waals surface area contributed by atoms with Crippen molar-refractivity contribution < 1.29 is 9.72 Å². The van der Waals surface area contributed by atoms with Crippen molar-refractivity contribution in [2.24, 2.45) is 0 Å². The van der Waals surface area contributed by atoms with Gasteiger partial charge in [0.2, 0.25) is 0 Å². The first-order valence-electron chi connectivity index (χ1n) is 7.43. The number of nitrogens with one attached hydrogen (secondary N) is 3. The smallest absolute Gasteiger partial charge is 0.269 e. The summed E-state index contributed by atoms with van der Waals surface area (Å²) in [5, 5.41) is 20.3. The van der Waals surface area contributed by atoms with Crippen molar-refractivity contribution in [1.29, 1.82) is 0 Å². The maximum absolute atomic E-state index is 12.7. The number of nitro benzene ring substituents is 1. The van der Waals surface area contributed by atoms with Gasteiger partial charge in [-0.3, -0.25) is 14.9 Å². The van der Waals surface area contributed by atoms with Crippen molar-refractivity contribution in [2.45, 2.75) is 39.3 Å². The van der Waals surface area contributed by atoms with Gasteiger partial charge in [0.25, 0.3) is 11.6 Å². The molecule has 0 aliphatic carbocycles. The number of benzene rings is 1. The molecule has 0 spiro atoms. The van der Waals surface area contributed by atoms with Crippen LogP contribution in [0.3, 0.4) is 0 Å². The lowest BCUT2D eigenvalue weighted by Gasteiger charge is -2.32. The molecule has 24 heavy (non-hydrogen) atoms. The Bertz CT molecular complexity index is 737. The van der Waals surface area contributed by atoms with Crippen molar-refractivity contribution in [3.05, 3.63) is 51.2 Å². The molecule has 0 radical (unpaired) electrons. The van der Waals surface area contributed by atoms with Crippen LogP contribution < -0.4 is 16.0 Å². The molecule has 1 heterocycles. The topological polar surface area (TPSA) is 96.3 Å². The lowest BCUT2D eigenvalue weighted by molar-refractivity contribution is -0.384. The highest BCUT2D eigenvalue weighted by Gasteiger charge is 2.32. The first-order chi connectivity index (χ1) is 11.1. The first-order valence-corrected chi connectivity index (χ1v) is 7.84. The quantitative estimate of drug-likeness (QED) is 0.441. The summed E-state index contributed by atoms with van der Waals surface area (Å²) >= 11 is 5.17. The Morgan fingerprint density at radius 3 is 2.62 bits per heavy atom. The molecule has 0 bridgehead atoms. The molecule has 1 amide bonds. The average molecular weight is 348 g/mol. The molecule has 3 N–H and O–H groups in total. The zero-order chi connectivity index (χ0) is 18.1. The second kappa shape index (κ2) is 6.56. The Morgan fingerprint density at radius 2 is 2.04 bits per heavy atom. The highest BCUT2D eigenvalue weighted by Crippen LogP contribution is 2.29. The number of rotatable bonds is 3. The summed E-state index contributed by atoms with van der Waals surface area (Å²) in [6.45, 7) is 7.42. The third kappa shape index (κ3) is 4.08. The molecule has 0 fully saturated rings. The number of nitro groups is 1. The van der Waals surface area contributed by atoms with Gasteiger partial charge in [-0.05, 0) is 45.5 Å². The van der Waals surface area contributed by atoms with Gasteiger partial charge >= 0.3 is 0 Å². The molecule has 1 unspecified atom stereocenters. The van der Waals surface area contributed by atoms with Crippen LogP contribution in [0.25, 0.3) is 0 Å². The van der Waals surface area contributed by atoms with Crippen LogP contribution in [0.4, 0.5) is 5.69 Å². The van der Waals surface area contributed by atoms with Crippen molar-refractivity contribution >= 4 is 28.9 Å². The third-order valence-corrected chi connectivity index (χ3v) is 3.64. The normalized spacial score (nSPS) is 17.8. The second-order valence-electron chi connectivity index (χ2n) is 6.63. The summed E-state index contributed by atoms with van der Waals surface area (Å²) in [5.74, 6) is -0.251. The van der Waals surface area contributed by atoms with Gasteiger partial charge in [-0.25, -0.2) is 0 Å². The van der Waals surface area contributed by atoms with E-state index < -0.39 is 16.5 Å². The fraction of sp³-hybridized carbons (Fsp3) is 0.375. The maximum atomic E-state index is 12.7. The number of carbonyl (C=O) groups is 1. The predicted molar refractivity (Wildman–Crippen MR) is 95.3 cm³/mol. The Hall–Kier alpha value is -2.48. The maximum Gasteiger partial charge on any atom is 0.269 e. The summed E-state index contributed by atoms with van der Waals surface area (Å²) < 4.78 is 0. The molecule has 0 saturated carbocycles. The van der Waals surface area contributed by atoms with Crippen LogP contribution in [0, 0.1) is 10.1 Å². The molecule has 1 aliphatic rings. The van der Waals surface area contributed by atoms with Gasteiger partial charge in [-0.15, -0.1) is 0 Å². The number of allylic oxidation sites excluding steroid dienone is 1. The molecule has 2 rings (SSSR count). The lowest BCUT2D eigenvalue weighted by atomic mass is 9.94. The number of non-ortho nitro benzene ring substituents is 1. The van der Waals surface area contributed by atoms with Gasteiger partial charge in [0.05, 0.1) is 16.5 Å². The zero-order valence-corrected chi connectivity index (χ0v) is 14.8. The minimum atomic E-state index is -0.555. The number of hydrogen-bond donors (Lipinski definition) is 3. The van der Waals surface area contributed by atoms with E-state index in [2.05, 4.69) is 16.0 Å². The van der Waals surface area contributed by atoms with Gasteiger partial charge in [-0.1, -0.05) is 12.1 Å². The molecule has 0 aromatic heterocycles. The monoisotopic (exact) mass is 348 g/mol. The largest absolute Gasteiger partial charge is 0.351 e. The Labute approximate surface area is 145 Å². The van der Waals surface area contributed by atoms with Crippen LogP contribution in [0.2, 0.25) is 0 Å². The number of hydrogen-bond acceptors (Lipinski definition) is 4. The van der Waals surface area contributed by atoms with E-state index in [1.54, 1.807) is 19.1 Å². The number of carbonyl (C=O) groups excluding carboxylic acids is 1. The molecule has 1 atom stereocenters. The molecule has 1 aromatic carbocycles. The SMILES string of the molecule is CC1=C(C(=O)NC(C)(C)C)C(c2cccc([N+](=O)[O-])c2)NC(=S)N1. The van der Waals surface area contributed by atoms with E-state index in [9.17, 15) is 14.9 Å². The number of amides is 1. The van der Waals surface area contributed by atoms with Crippen LogP contribution in [-0.4, -0.2) is 21.5 Å². The van der Waals surface area contributed by atoms with E-state index in [4.69, 9.17) is 12.2 Å². The summed E-state index contributed by atoms with van der Waals surface area (Å²) in [4.78, 5) is 23.3. The number of nitrogens with zero attached hydrogens (tertiary/aromatic N) is 1. The average Bonchev–Trinajstić information content (AvgIpc) is 2.44. The summed E-state index contributed by atoms with van der Waals surface area (Å²) in [6, 6.07) is 5.63. The van der Waals surface area contributed by atoms with Crippen LogP contribution in [0.1, 0.15) is 39.3 Å². The van der Waals surface area contributed by atoms with Gasteiger partial charge in [-0.2, -0.15) is 0 Å². The highest BCUT2D eigenvalue weighted by atomic mass is 32.1. The van der Waals surface area contributed by atoms with Gasteiger partial charge in [0, 0.05) is 23.4 Å². The standard InChI is InChI=1S/C16H20N4O3S/c1-9-12(14(21)19-16(2,3)4)13(18-15(24)17-9)10-6-5-7-11(8-10)20(22)23/h5-8,13H,1-4H3,(H,19,21)(H2,17,18,24). The van der Waals surface area contributed by atoms with E-state index in [1.165, 1.54) is 12.1 Å². The van der Waals surface area contributed by atoms with E-state index >= 15 is 0 Å². The van der Waals surface area contributed by atoms with Crippen molar-refractivity contribution in [2.75, 3.05) is 0 Å². The van der Waals surface area contributed by atoms with E-state index in [1.807, 2.05) is 20.8 Å². The zero-order valence-electron chi connectivity index (χ0n) is 14.0. The first kappa shape index (κ1) is 17.9. The molecule has 1 aromatic rings. The fourth-order valence-corrected chi connectivity index (χ4v) is 2.74. The molecule has 7 nitrogen and oxygen atoms in total. The highest BCUT2D eigenvalue weighted by molar-refractivity contribution is 7.80. The van der Waals surface area contributed by atoms with Crippen molar-refractivity contribution in [1.82, 2.24) is 16.0 Å². The Kier molecular flexibility index (Phi) is 4.88. The van der Waals surface area contributed by atoms with Crippen LogP contribution in [0.15, 0.2) is 35.5 Å². The minimum absolute atomic E-state index is 0.0352. The Morgan fingerprint density at radius 1 is 1.38 bits per heavy atom. The summed E-state index contributed by atoms with van der Waals surface area (Å²) in [7, 11) is 0. The van der Waals surface area contributed by atoms with Crippen molar-refractivity contribution in [3.8, 4) is 0 Å². The molecule has 8 heteroatoms. The minimum Gasteiger partial charge on any atom is -0.351 e. The fourth-order valence-electron chi connectivity index (χ4n) is 2.47. The number of thiocarbonyl (C=S) groups is 1. The molecule has 1 aliphatic heterocycles. The molecular weight excluding hydrogens is 328 g/mol. The molecule has 0 saturated heterocycles. The van der Waals surface area contributed by atoms with Gasteiger partial charge in [0.15, 0.2) is 5.11 Å². The van der Waals surface area contributed by atoms with E-state index in [0.29, 0.717) is 21.9 Å². The molecular formula is C16H20N4O3S. The summed E-state index contributed by atoms with van der Waals surface area (Å²) in [5.41, 5.74) is 1.24. The van der Waals surface area contributed by atoms with Gasteiger partial charge in [0.1, 0.15) is 0 Å². The van der Waals surface area contributed by atoms with Crippen LogP contribution in [0.5, 0.6) is 0 Å². The summed E-state index contributed by atoms with van der Waals surface area (Å²) in [6.07, 6.45) is 0. The second-order valence-corrected chi connectivity index (χ2v) is 7.03. The third-order valence-electron chi connectivity index (χ3n) is 3.42. The van der Waals surface area contributed by atoms with Crippen LogP contribution >= 0.6 is 12.2 Å². The van der Waals surface area contributed by atoms with Crippen molar-refractivity contribution in [3.63, 3.8) is 0 Å².